The summed E-state index contributed by atoms with van der Waals surface area (Å²) in [5.74, 6) is -0.877. The van der Waals surface area contributed by atoms with Crippen molar-refractivity contribution in [2.24, 2.45) is 0 Å². The number of aliphatic carboxylic acids is 1. The van der Waals surface area contributed by atoms with E-state index in [1.165, 1.54) is 0 Å². The molecule has 7 heteroatoms. The normalized spacial score (nSPS) is 18.1. The van der Waals surface area contributed by atoms with Crippen molar-refractivity contribution in [3.05, 3.63) is 27.1 Å². The van der Waals surface area contributed by atoms with E-state index in [2.05, 4.69) is 37.2 Å². The predicted molar refractivity (Wildman–Crippen MR) is 82.8 cm³/mol. The van der Waals surface area contributed by atoms with Gasteiger partial charge in [0.15, 0.2) is 0 Å². The van der Waals surface area contributed by atoms with E-state index in [0.29, 0.717) is 12.2 Å². The number of urea groups is 1. The van der Waals surface area contributed by atoms with E-state index in [1.807, 2.05) is 12.1 Å². The smallest absolute Gasteiger partial charge is 0.322 e. The fourth-order valence-corrected chi connectivity index (χ4v) is 3.00. The van der Waals surface area contributed by atoms with E-state index >= 15 is 0 Å². The minimum Gasteiger partial charge on any atom is -0.481 e. The van der Waals surface area contributed by atoms with Crippen LogP contribution < -0.4 is 5.32 Å². The van der Waals surface area contributed by atoms with E-state index in [9.17, 15) is 9.59 Å². The van der Waals surface area contributed by atoms with Crippen LogP contribution in [-0.4, -0.2) is 34.6 Å². The molecule has 108 valence electrons. The van der Waals surface area contributed by atoms with Gasteiger partial charge in [-0.15, -0.1) is 0 Å². The summed E-state index contributed by atoms with van der Waals surface area (Å²) in [6.07, 6.45) is 1.57. The second kappa shape index (κ2) is 6.58. The molecule has 1 saturated heterocycles. The molecule has 2 rings (SSSR count). The highest BCUT2D eigenvalue weighted by Gasteiger charge is 2.30. The first kappa shape index (κ1) is 15.3. The Bertz CT molecular complexity index is 536. The number of nitrogens with one attached hydrogen (secondary N) is 1. The Balaban J connectivity index is 2.07. The molecule has 0 bridgehead atoms. The maximum absolute atomic E-state index is 12.3. The predicted octanol–water partition coefficient (Wildman–Crippen LogP) is 3.68. The molecule has 0 aliphatic carbocycles. The first-order valence-electron chi connectivity index (χ1n) is 6.22. The number of hydrogen-bond donors (Lipinski definition) is 2. The van der Waals surface area contributed by atoms with Gasteiger partial charge in [-0.2, -0.15) is 0 Å². The number of nitrogens with zero attached hydrogens (tertiary/aromatic N) is 1. The second-order valence-corrected chi connectivity index (χ2v) is 6.41. The van der Waals surface area contributed by atoms with Gasteiger partial charge in [0.2, 0.25) is 0 Å². The maximum Gasteiger partial charge on any atom is 0.322 e. The van der Waals surface area contributed by atoms with Gasteiger partial charge in [-0.25, -0.2) is 4.79 Å². The summed E-state index contributed by atoms with van der Waals surface area (Å²) in [5.41, 5.74) is 0.658. The van der Waals surface area contributed by atoms with Gasteiger partial charge in [0.25, 0.3) is 0 Å². The van der Waals surface area contributed by atoms with Crippen LogP contribution in [0.15, 0.2) is 27.1 Å². The molecule has 0 spiro atoms. The highest BCUT2D eigenvalue weighted by atomic mass is 79.9. The van der Waals surface area contributed by atoms with Gasteiger partial charge in [-0.3, -0.25) is 4.79 Å². The molecule has 2 N–H and O–H groups in total. The Hall–Kier alpha value is -1.08. The zero-order valence-electron chi connectivity index (χ0n) is 10.6. The lowest BCUT2D eigenvalue weighted by molar-refractivity contribution is -0.137. The lowest BCUT2D eigenvalue weighted by Gasteiger charge is -2.24. The lowest BCUT2D eigenvalue weighted by Crippen LogP contribution is -2.39. The molecule has 1 atom stereocenters. The van der Waals surface area contributed by atoms with Crippen LogP contribution in [0.25, 0.3) is 0 Å². The molecule has 0 aromatic heterocycles. The van der Waals surface area contributed by atoms with Crippen LogP contribution in [0.4, 0.5) is 10.5 Å². The van der Waals surface area contributed by atoms with Gasteiger partial charge in [0.1, 0.15) is 0 Å². The van der Waals surface area contributed by atoms with Gasteiger partial charge in [0.05, 0.1) is 12.1 Å². The number of carbonyl (C=O) groups excluding carboxylic acids is 1. The molecule has 1 aliphatic heterocycles. The van der Waals surface area contributed by atoms with Crippen LogP contribution in [0, 0.1) is 0 Å². The number of hydrogen-bond acceptors (Lipinski definition) is 2. The first-order valence-corrected chi connectivity index (χ1v) is 7.80. The molecule has 1 heterocycles. The van der Waals surface area contributed by atoms with E-state index < -0.39 is 5.97 Å². The zero-order chi connectivity index (χ0) is 14.7. The number of likely N-dealkylation sites (tertiary alicyclic amines) is 1. The fourth-order valence-electron chi connectivity index (χ4n) is 2.30. The number of carboxylic acids is 1. The van der Waals surface area contributed by atoms with Gasteiger partial charge in [0, 0.05) is 21.5 Å². The minimum absolute atomic E-state index is 0.00687. The number of rotatable bonds is 3. The van der Waals surface area contributed by atoms with Crippen LogP contribution in [0.1, 0.15) is 19.3 Å². The highest BCUT2D eigenvalue weighted by Crippen LogP contribution is 2.28. The van der Waals surface area contributed by atoms with Crippen LogP contribution in [0.3, 0.4) is 0 Å². The molecule has 0 saturated carbocycles. The Kier molecular flexibility index (Phi) is 5.04. The number of benzene rings is 1. The third-order valence-electron chi connectivity index (χ3n) is 3.22. The van der Waals surface area contributed by atoms with Crippen LogP contribution in [0.5, 0.6) is 0 Å². The second-order valence-electron chi connectivity index (χ2n) is 4.64. The highest BCUT2D eigenvalue weighted by molar-refractivity contribution is 9.11. The van der Waals surface area contributed by atoms with Crippen molar-refractivity contribution < 1.29 is 14.7 Å². The molecule has 1 aliphatic rings. The molecule has 0 radical (unpaired) electrons. The topological polar surface area (TPSA) is 69.6 Å². The van der Waals surface area contributed by atoms with Gasteiger partial charge < -0.3 is 15.3 Å². The number of halogens is 2. The van der Waals surface area contributed by atoms with Gasteiger partial charge in [-0.1, -0.05) is 15.9 Å². The minimum atomic E-state index is -0.877. The average molecular weight is 406 g/mol. The molecule has 5 nitrogen and oxygen atoms in total. The average Bonchev–Trinajstić information content (AvgIpc) is 2.81. The van der Waals surface area contributed by atoms with Crippen molar-refractivity contribution in [2.45, 2.75) is 25.3 Å². The van der Waals surface area contributed by atoms with Crippen molar-refractivity contribution in [1.29, 1.82) is 0 Å². The van der Waals surface area contributed by atoms with Gasteiger partial charge in [-0.05, 0) is 47.0 Å². The Labute approximate surface area is 133 Å². The van der Waals surface area contributed by atoms with Crippen molar-refractivity contribution in [3.8, 4) is 0 Å². The van der Waals surface area contributed by atoms with Crippen molar-refractivity contribution in [2.75, 3.05) is 11.9 Å². The number of anilines is 1. The van der Waals surface area contributed by atoms with Crippen molar-refractivity contribution in [1.82, 2.24) is 4.90 Å². The summed E-state index contributed by atoms with van der Waals surface area (Å²) in [7, 11) is 0. The number of carboxylic acid groups (broad SMARTS) is 1. The molecule has 1 unspecified atom stereocenters. The molecule has 1 aromatic rings. The van der Waals surface area contributed by atoms with Gasteiger partial charge >= 0.3 is 12.0 Å². The van der Waals surface area contributed by atoms with E-state index in [0.717, 1.165) is 21.8 Å². The molecule has 1 aromatic carbocycles. The Morgan fingerprint density at radius 3 is 2.85 bits per heavy atom. The SMILES string of the molecule is O=C(O)CC1CCCN1C(=O)Nc1cc(Br)ccc1Br. The summed E-state index contributed by atoms with van der Waals surface area (Å²) in [5, 5.41) is 11.7. The third kappa shape index (κ3) is 3.73. The summed E-state index contributed by atoms with van der Waals surface area (Å²) >= 11 is 6.73. The van der Waals surface area contributed by atoms with E-state index in [-0.39, 0.29) is 18.5 Å². The lowest BCUT2D eigenvalue weighted by atomic mass is 10.1. The summed E-state index contributed by atoms with van der Waals surface area (Å²) in [6.45, 7) is 0.593. The molecule has 20 heavy (non-hydrogen) atoms. The molecule has 2 amide bonds. The van der Waals surface area contributed by atoms with Crippen molar-refractivity contribution in [3.63, 3.8) is 0 Å². The summed E-state index contributed by atoms with van der Waals surface area (Å²) in [6, 6.07) is 5.01. The molecule has 1 fully saturated rings. The first-order chi connectivity index (χ1) is 9.47. The molecular formula is C13H14Br2N2O3. The summed E-state index contributed by atoms with van der Waals surface area (Å²) < 4.78 is 1.64. The maximum atomic E-state index is 12.3. The quantitative estimate of drug-likeness (QED) is 0.805. The van der Waals surface area contributed by atoms with Crippen molar-refractivity contribution >= 4 is 49.5 Å². The van der Waals surface area contributed by atoms with E-state index in [1.54, 1.807) is 11.0 Å². The Morgan fingerprint density at radius 2 is 2.15 bits per heavy atom. The fraction of sp³-hybridized carbons (Fsp3) is 0.385. The zero-order valence-corrected chi connectivity index (χ0v) is 13.8. The molecular weight excluding hydrogens is 392 g/mol. The van der Waals surface area contributed by atoms with Crippen LogP contribution in [-0.2, 0) is 4.79 Å². The Morgan fingerprint density at radius 1 is 1.40 bits per heavy atom. The summed E-state index contributed by atoms with van der Waals surface area (Å²) in [4.78, 5) is 24.7. The third-order valence-corrected chi connectivity index (χ3v) is 4.40. The number of carbonyl (C=O) groups is 2. The largest absolute Gasteiger partial charge is 0.481 e. The van der Waals surface area contributed by atoms with Crippen LogP contribution in [0.2, 0.25) is 0 Å². The van der Waals surface area contributed by atoms with Crippen LogP contribution >= 0.6 is 31.9 Å². The monoisotopic (exact) mass is 404 g/mol. The van der Waals surface area contributed by atoms with E-state index in [4.69, 9.17) is 5.11 Å². The number of amides is 2. The standard InChI is InChI=1S/C13H14Br2N2O3/c14-8-3-4-10(15)11(6-8)16-13(20)17-5-1-2-9(17)7-12(18)19/h3-4,6,9H,1-2,5,7H2,(H,16,20)(H,18,19).